The van der Waals surface area contributed by atoms with E-state index in [-0.39, 0.29) is 5.91 Å². The van der Waals surface area contributed by atoms with Gasteiger partial charge in [0.1, 0.15) is 5.01 Å². The van der Waals surface area contributed by atoms with Crippen LogP contribution in [0.4, 0.5) is 0 Å². The molecule has 0 saturated carbocycles. The van der Waals surface area contributed by atoms with E-state index in [4.69, 9.17) is 0 Å². The summed E-state index contributed by atoms with van der Waals surface area (Å²) in [6.07, 6.45) is 5.71. The van der Waals surface area contributed by atoms with Gasteiger partial charge in [-0.1, -0.05) is 23.1 Å². The van der Waals surface area contributed by atoms with Gasteiger partial charge in [0, 0.05) is 31.1 Å². The first-order valence-electron chi connectivity index (χ1n) is 6.82. The topological polar surface area (TPSA) is 67.8 Å². The van der Waals surface area contributed by atoms with E-state index in [2.05, 4.69) is 20.5 Å². The minimum atomic E-state index is 0.101. The predicted molar refractivity (Wildman–Crippen MR) is 85.6 cm³/mol. The fraction of sp³-hybridized carbons (Fsp3) is 0.429. The van der Waals surface area contributed by atoms with Gasteiger partial charge in [-0.25, -0.2) is 0 Å². The van der Waals surface area contributed by atoms with Gasteiger partial charge >= 0.3 is 0 Å². The Kier molecular flexibility index (Phi) is 6.62. The third kappa shape index (κ3) is 6.22. The van der Waals surface area contributed by atoms with Crippen LogP contribution in [0.2, 0.25) is 0 Å². The Hall–Kier alpha value is -1.47. The molecular weight excluding hydrogens is 304 g/mol. The van der Waals surface area contributed by atoms with E-state index in [1.807, 2.05) is 19.1 Å². The number of nitrogens with one attached hydrogen (secondary N) is 1. The van der Waals surface area contributed by atoms with Crippen molar-refractivity contribution < 1.29 is 4.79 Å². The Morgan fingerprint density at radius 1 is 1.33 bits per heavy atom. The van der Waals surface area contributed by atoms with Crippen LogP contribution in [-0.4, -0.2) is 33.4 Å². The Balaban J connectivity index is 1.53. The molecule has 0 unspecified atom stereocenters. The van der Waals surface area contributed by atoms with Crippen molar-refractivity contribution >= 4 is 29.0 Å². The van der Waals surface area contributed by atoms with Crippen molar-refractivity contribution in [2.24, 2.45) is 0 Å². The molecule has 1 N–H and O–H groups in total. The molecule has 2 aromatic rings. The molecule has 5 nitrogen and oxygen atoms in total. The second-order valence-electron chi connectivity index (χ2n) is 4.49. The lowest BCUT2D eigenvalue weighted by atomic mass is 10.1. The third-order valence-corrected chi connectivity index (χ3v) is 4.82. The minimum absolute atomic E-state index is 0.101. The highest BCUT2D eigenvalue weighted by Crippen LogP contribution is 2.21. The number of amides is 1. The number of rotatable bonds is 8. The first-order valence-corrected chi connectivity index (χ1v) is 8.63. The van der Waals surface area contributed by atoms with Crippen LogP contribution in [0.15, 0.2) is 28.9 Å². The predicted octanol–water partition coefficient (Wildman–Crippen LogP) is 2.47. The summed E-state index contributed by atoms with van der Waals surface area (Å²) in [6, 6.07) is 3.88. The van der Waals surface area contributed by atoms with Crippen molar-refractivity contribution in [2.45, 2.75) is 30.5 Å². The van der Waals surface area contributed by atoms with Gasteiger partial charge in [-0.15, -0.1) is 10.2 Å². The van der Waals surface area contributed by atoms with Crippen molar-refractivity contribution in [2.75, 3.05) is 12.3 Å². The number of carbonyl (C=O) groups excluding carboxylic acids is 1. The van der Waals surface area contributed by atoms with E-state index in [1.54, 1.807) is 35.5 Å². The van der Waals surface area contributed by atoms with Crippen LogP contribution in [0.1, 0.15) is 23.4 Å². The molecule has 21 heavy (non-hydrogen) atoms. The molecule has 0 saturated heterocycles. The molecule has 0 radical (unpaired) electrons. The SMILES string of the molecule is Cc1nnc(SCCCNC(=O)CCc2ccncc2)s1. The normalized spacial score (nSPS) is 10.5. The molecule has 7 heteroatoms. The molecule has 0 fully saturated rings. The van der Waals surface area contributed by atoms with Crippen LogP contribution in [0, 0.1) is 6.92 Å². The number of hydrogen-bond donors (Lipinski definition) is 1. The van der Waals surface area contributed by atoms with Crippen molar-refractivity contribution in [3.8, 4) is 0 Å². The minimum Gasteiger partial charge on any atom is -0.356 e. The number of aromatic nitrogens is 3. The molecule has 2 rings (SSSR count). The van der Waals surface area contributed by atoms with Crippen molar-refractivity contribution in [3.05, 3.63) is 35.1 Å². The van der Waals surface area contributed by atoms with Crippen molar-refractivity contribution in [3.63, 3.8) is 0 Å². The quantitative estimate of drug-likeness (QED) is 0.597. The average Bonchev–Trinajstić information content (AvgIpc) is 2.91. The molecule has 0 aliphatic rings. The summed E-state index contributed by atoms with van der Waals surface area (Å²) in [5.41, 5.74) is 1.14. The number of aryl methyl sites for hydroxylation is 2. The summed E-state index contributed by atoms with van der Waals surface area (Å²) in [7, 11) is 0. The maximum Gasteiger partial charge on any atom is 0.220 e. The van der Waals surface area contributed by atoms with Crippen LogP contribution in [0.5, 0.6) is 0 Å². The number of carbonyl (C=O) groups is 1. The fourth-order valence-corrected chi connectivity index (χ4v) is 3.52. The van der Waals surface area contributed by atoms with Gasteiger partial charge in [-0.3, -0.25) is 9.78 Å². The average molecular weight is 322 g/mol. The lowest BCUT2D eigenvalue weighted by Crippen LogP contribution is -2.24. The third-order valence-electron chi connectivity index (χ3n) is 2.77. The fourth-order valence-electron chi connectivity index (χ4n) is 1.69. The molecule has 2 aromatic heterocycles. The van der Waals surface area contributed by atoms with Gasteiger partial charge in [0.25, 0.3) is 0 Å². The van der Waals surface area contributed by atoms with Gasteiger partial charge < -0.3 is 5.32 Å². The zero-order valence-electron chi connectivity index (χ0n) is 11.9. The first-order chi connectivity index (χ1) is 10.2. The maximum absolute atomic E-state index is 11.7. The summed E-state index contributed by atoms with van der Waals surface area (Å²) in [6.45, 7) is 2.66. The Labute approximate surface area is 132 Å². The highest BCUT2D eigenvalue weighted by atomic mass is 32.2. The molecule has 2 heterocycles. The second kappa shape index (κ2) is 8.74. The molecule has 0 spiro atoms. The van der Waals surface area contributed by atoms with Crippen molar-refractivity contribution in [1.82, 2.24) is 20.5 Å². The highest BCUT2D eigenvalue weighted by molar-refractivity contribution is 8.01. The molecule has 0 bridgehead atoms. The summed E-state index contributed by atoms with van der Waals surface area (Å²) in [5, 5.41) is 12.0. The van der Waals surface area contributed by atoms with E-state index in [9.17, 15) is 4.79 Å². The standard InChI is InChI=1S/C14H18N4OS2/c1-11-17-18-14(21-11)20-10-2-7-16-13(19)4-3-12-5-8-15-9-6-12/h5-6,8-9H,2-4,7,10H2,1H3,(H,16,19). The molecule has 112 valence electrons. The smallest absolute Gasteiger partial charge is 0.220 e. The molecule has 0 aliphatic heterocycles. The van der Waals surface area contributed by atoms with Crippen LogP contribution >= 0.6 is 23.1 Å². The number of nitrogens with zero attached hydrogens (tertiary/aromatic N) is 3. The van der Waals surface area contributed by atoms with E-state index < -0.39 is 0 Å². The number of thioether (sulfide) groups is 1. The lowest BCUT2D eigenvalue weighted by Gasteiger charge is -2.04. The number of hydrogen-bond acceptors (Lipinski definition) is 6. The summed E-state index contributed by atoms with van der Waals surface area (Å²) >= 11 is 3.30. The molecule has 0 aromatic carbocycles. The van der Waals surface area contributed by atoms with Crippen LogP contribution in [0.25, 0.3) is 0 Å². The highest BCUT2D eigenvalue weighted by Gasteiger charge is 2.03. The second-order valence-corrected chi connectivity index (χ2v) is 7.02. The monoisotopic (exact) mass is 322 g/mol. The van der Waals surface area contributed by atoms with E-state index >= 15 is 0 Å². The number of pyridine rings is 1. The molecule has 0 aliphatic carbocycles. The van der Waals surface area contributed by atoms with Crippen LogP contribution < -0.4 is 5.32 Å². The Morgan fingerprint density at radius 3 is 2.86 bits per heavy atom. The van der Waals surface area contributed by atoms with Crippen LogP contribution in [-0.2, 0) is 11.2 Å². The van der Waals surface area contributed by atoms with Gasteiger partial charge in [-0.05, 0) is 37.5 Å². The van der Waals surface area contributed by atoms with Gasteiger partial charge in [0.15, 0.2) is 4.34 Å². The molecule has 0 atom stereocenters. The van der Waals surface area contributed by atoms with E-state index in [1.165, 1.54) is 0 Å². The van der Waals surface area contributed by atoms with Crippen molar-refractivity contribution in [1.29, 1.82) is 0 Å². The van der Waals surface area contributed by atoms with Gasteiger partial charge in [0.2, 0.25) is 5.91 Å². The summed E-state index contributed by atoms with van der Waals surface area (Å²) in [5.74, 6) is 1.04. The largest absolute Gasteiger partial charge is 0.356 e. The zero-order chi connectivity index (χ0) is 14.9. The van der Waals surface area contributed by atoms with E-state index in [0.29, 0.717) is 13.0 Å². The molecule has 1 amide bonds. The van der Waals surface area contributed by atoms with E-state index in [0.717, 1.165) is 33.5 Å². The Morgan fingerprint density at radius 2 is 2.14 bits per heavy atom. The lowest BCUT2D eigenvalue weighted by molar-refractivity contribution is -0.121. The first kappa shape index (κ1) is 15.9. The van der Waals surface area contributed by atoms with Gasteiger partial charge in [-0.2, -0.15) is 0 Å². The molecular formula is C14H18N4OS2. The summed E-state index contributed by atoms with van der Waals surface area (Å²) in [4.78, 5) is 15.7. The van der Waals surface area contributed by atoms with Gasteiger partial charge in [0.05, 0.1) is 0 Å². The Bertz CT molecular complexity index is 559. The maximum atomic E-state index is 11.7. The van der Waals surface area contributed by atoms with Crippen LogP contribution in [0.3, 0.4) is 0 Å². The zero-order valence-corrected chi connectivity index (χ0v) is 13.5. The summed E-state index contributed by atoms with van der Waals surface area (Å²) < 4.78 is 0.997.